The van der Waals surface area contributed by atoms with E-state index in [0.717, 1.165) is 64.8 Å². The maximum absolute atomic E-state index is 13.6. The fraction of sp³-hybridized carbons (Fsp3) is 0.406. The lowest BCUT2D eigenvalue weighted by Crippen LogP contribution is -2.28. The summed E-state index contributed by atoms with van der Waals surface area (Å²) in [5, 5.41) is 8.56. The van der Waals surface area contributed by atoms with Crippen LogP contribution in [0.25, 0.3) is 22.0 Å². The smallest absolute Gasteiger partial charge is 0.253 e. The van der Waals surface area contributed by atoms with Crippen molar-refractivity contribution < 1.29 is 9.53 Å². The fourth-order valence-corrected chi connectivity index (χ4v) is 5.64. The van der Waals surface area contributed by atoms with Crippen LogP contribution in [0, 0.1) is 13.8 Å². The molecule has 0 atom stereocenters. The number of nitrogens with one attached hydrogen (secondary N) is 2. The van der Waals surface area contributed by atoms with Crippen LogP contribution in [0.15, 0.2) is 53.5 Å². The molecule has 0 radical (unpaired) electrons. The third-order valence-electron chi connectivity index (χ3n) is 7.74. The quantitative estimate of drug-likeness (QED) is 0.263. The summed E-state index contributed by atoms with van der Waals surface area (Å²) in [5.41, 5.74) is 5.46. The maximum atomic E-state index is 13.6. The number of hydrogen-bond acceptors (Lipinski definition) is 5. The molecule has 40 heavy (non-hydrogen) atoms. The molecule has 0 saturated heterocycles. The Morgan fingerprint density at radius 1 is 1.12 bits per heavy atom. The molecular formula is C32H39N5O3. The lowest BCUT2D eigenvalue weighted by Gasteiger charge is -2.15. The summed E-state index contributed by atoms with van der Waals surface area (Å²) in [7, 11) is 4.11. The largest absolute Gasteiger partial charge is 0.494 e. The van der Waals surface area contributed by atoms with Gasteiger partial charge in [0.15, 0.2) is 0 Å². The Morgan fingerprint density at radius 2 is 1.93 bits per heavy atom. The summed E-state index contributed by atoms with van der Waals surface area (Å²) in [6.45, 7) is 5.50. The summed E-state index contributed by atoms with van der Waals surface area (Å²) >= 11 is 0. The van der Waals surface area contributed by atoms with Gasteiger partial charge in [0.1, 0.15) is 5.75 Å². The number of carbonyl (C=O) groups is 1. The molecule has 1 aliphatic rings. The SMILES string of the molecule is Cc1cc(C)c(CNC(=O)c2cc(-c3cccc(OCCCN(C)C)c3)cc3c2cnn3C2CCCC2)c(=O)[nH]1. The van der Waals surface area contributed by atoms with E-state index in [0.29, 0.717) is 23.8 Å². The number of aryl methyl sites for hydroxylation is 2. The van der Waals surface area contributed by atoms with Crippen molar-refractivity contribution in [2.75, 3.05) is 27.2 Å². The van der Waals surface area contributed by atoms with E-state index >= 15 is 0 Å². The molecular weight excluding hydrogens is 502 g/mol. The van der Waals surface area contributed by atoms with E-state index in [1.54, 1.807) is 6.20 Å². The average Bonchev–Trinajstić information content (AvgIpc) is 3.60. The van der Waals surface area contributed by atoms with E-state index in [9.17, 15) is 9.59 Å². The van der Waals surface area contributed by atoms with Crippen LogP contribution in [0.1, 0.15) is 65.3 Å². The molecule has 5 rings (SSSR count). The van der Waals surface area contributed by atoms with Crippen molar-refractivity contribution in [3.63, 3.8) is 0 Å². The molecule has 8 nitrogen and oxygen atoms in total. The minimum absolute atomic E-state index is 0.152. The minimum Gasteiger partial charge on any atom is -0.494 e. The molecule has 4 aromatic rings. The van der Waals surface area contributed by atoms with Gasteiger partial charge in [-0.2, -0.15) is 5.10 Å². The van der Waals surface area contributed by atoms with E-state index in [4.69, 9.17) is 9.84 Å². The lowest BCUT2D eigenvalue weighted by molar-refractivity contribution is 0.0952. The predicted octanol–water partition coefficient (Wildman–Crippen LogP) is 5.38. The highest BCUT2D eigenvalue weighted by molar-refractivity contribution is 6.08. The molecule has 210 valence electrons. The van der Waals surface area contributed by atoms with Crippen molar-refractivity contribution in [1.82, 2.24) is 25.0 Å². The van der Waals surface area contributed by atoms with Crippen LogP contribution in [0.3, 0.4) is 0 Å². The number of carbonyl (C=O) groups excluding carboxylic acids is 1. The molecule has 1 aliphatic carbocycles. The number of pyridine rings is 1. The summed E-state index contributed by atoms with van der Waals surface area (Å²) in [5.74, 6) is 0.578. The fourth-order valence-electron chi connectivity index (χ4n) is 5.64. The normalized spacial score (nSPS) is 13.8. The number of aromatic nitrogens is 3. The van der Waals surface area contributed by atoms with Gasteiger partial charge in [0.2, 0.25) is 0 Å². The number of amides is 1. The number of ether oxygens (including phenoxy) is 1. The molecule has 2 heterocycles. The Hall–Kier alpha value is -3.91. The number of aromatic amines is 1. The first kappa shape index (κ1) is 27.6. The van der Waals surface area contributed by atoms with E-state index in [2.05, 4.69) is 40.0 Å². The molecule has 0 aliphatic heterocycles. The number of fused-ring (bicyclic) bond motifs is 1. The Morgan fingerprint density at radius 3 is 2.67 bits per heavy atom. The van der Waals surface area contributed by atoms with Gasteiger partial charge in [-0.1, -0.05) is 25.0 Å². The first-order chi connectivity index (χ1) is 19.3. The van der Waals surface area contributed by atoms with Gasteiger partial charge in [0, 0.05) is 29.7 Å². The van der Waals surface area contributed by atoms with Crippen LogP contribution in [-0.2, 0) is 6.54 Å². The average molecular weight is 542 g/mol. The Balaban J connectivity index is 1.48. The molecule has 8 heteroatoms. The van der Waals surface area contributed by atoms with E-state index < -0.39 is 0 Å². The van der Waals surface area contributed by atoms with E-state index in [1.807, 2.05) is 50.2 Å². The summed E-state index contributed by atoms with van der Waals surface area (Å²) in [4.78, 5) is 31.2. The number of hydrogen-bond donors (Lipinski definition) is 2. The molecule has 2 aromatic carbocycles. The lowest BCUT2D eigenvalue weighted by atomic mass is 9.99. The highest BCUT2D eigenvalue weighted by Crippen LogP contribution is 2.35. The minimum atomic E-state index is -0.228. The van der Waals surface area contributed by atoms with Gasteiger partial charge in [0.25, 0.3) is 11.5 Å². The predicted molar refractivity (Wildman–Crippen MR) is 159 cm³/mol. The van der Waals surface area contributed by atoms with Crippen molar-refractivity contribution in [3.05, 3.63) is 81.4 Å². The van der Waals surface area contributed by atoms with Gasteiger partial charge >= 0.3 is 0 Å². The second-order valence-corrected chi connectivity index (χ2v) is 11.1. The number of H-pyrrole nitrogens is 1. The topological polar surface area (TPSA) is 92.2 Å². The van der Waals surface area contributed by atoms with Gasteiger partial charge in [-0.05, 0) is 94.2 Å². The van der Waals surface area contributed by atoms with Gasteiger partial charge < -0.3 is 19.9 Å². The van der Waals surface area contributed by atoms with Gasteiger partial charge in [-0.25, -0.2) is 0 Å². The summed E-state index contributed by atoms with van der Waals surface area (Å²) < 4.78 is 8.13. The molecule has 0 bridgehead atoms. The monoisotopic (exact) mass is 541 g/mol. The van der Waals surface area contributed by atoms with E-state index in [-0.39, 0.29) is 18.0 Å². The molecule has 2 aromatic heterocycles. The van der Waals surface area contributed by atoms with E-state index in [1.165, 1.54) is 12.8 Å². The molecule has 1 amide bonds. The van der Waals surface area contributed by atoms with Crippen LogP contribution in [0.4, 0.5) is 0 Å². The van der Waals surface area contributed by atoms with Gasteiger partial charge in [0.05, 0.1) is 29.9 Å². The number of benzene rings is 2. The molecule has 0 unspecified atom stereocenters. The molecule has 1 saturated carbocycles. The van der Waals surface area contributed by atoms with Gasteiger partial charge in [-0.3, -0.25) is 14.3 Å². The highest BCUT2D eigenvalue weighted by Gasteiger charge is 2.23. The summed E-state index contributed by atoms with van der Waals surface area (Å²) in [6, 6.07) is 14.3. The van der Waals surface area contributed by atoms with Crippen molar-refractivity contribution in [2.24, 2.45) is 0 Å². The standard InChI is InChI=1S/C32H39N5O3/c1-21-15-22(2)35-32(39)28(21)19-33-31(38)27-17-24(18-30-29(27)20-34-37(30)25-10-5-6-11-25)23-9-7-12-26(16-23)40-14-8-13-36(3)4/h7,9,12,15-18,20,25H,5-6,8,10-11,13-14,19H2,1-4H3,(H,33,38)(H,35,39). The highest BCUT2D eigenvalue weighted by atomic mass is 16.5. The first-order valence-corrected chi connectivity index (χ1v) is 14.2. The second kappa shape index (κ2) is 12.1. The second-order valence-electron chi connectivity index (χ2n) is 11.1. The number of nitrogens with zero attached hydrogens (tertiary/aromatic N) is 3. The van der Waals surface area contributed by atoms with Crippen LogP contribution >= 0.6 is 0 Å². The zero-order valence-electron chi connectivity index (χ0n) is 23.9. The van der Waals surface area contributed by atoms with Crippen molar-refractivity contribution in [2.45, 2.75) is 58.5 Å². The Labute approximate surface area is 235 Å². The van der Waals surface area contributed by atoms with Crippen LogP contribution in [-0.4, -0.2) is 52.8 Å². The molecule has 2 N–H and O–H groups in total. The number of rotatable bonds is 10. The van der Waals surface area contributed by atoms with Crippen LogP contribution in [0.5, 0.6) is 5.75 Å². The third-order valence-corrected chi connectivity index (χ3v) is 7.74. The summed E-state index contributed by atoms with van der Waals surface area (Å²) in [6.07, 6.45) is 7.31. The third kappa shape index (κ3) is 6.12. The maximum Gasteiger partial charge on any atom is 0.253 e. The van der Waals surface area contributed by atoms with Crippen LogP contribution < -0.4 is 15.6 Å². The molecule has 0 spiro atoms. The van der Waals surface area contributed by atoms with Gasteiger partial charge in [-0.15, -0.1) is 0 Å². The zero-order valence-corrected chi connectivity index (χ0v) is 23.9. The zero-order chi connectivity index (χ0) is 28.2. The Kier molecular flexibility index (Phi) is 8.35. The first-order valence-electron chi connectivity index (χ1n) is 14.2. The van der Waals surface area contributed by atoms with Crippen molar-refractivity contribution in [1.29, 1.82) is 0 Å². The van der Waals surface area contributed by atoms with Crippen molar-refractivity contribution in [3.8, 4) is 16.9 Å². The van der Waals surface area contributed by atoms with Crippen molar-refractivity contribution >= 4 is 16.8 Å². The van der Waals surface area contributed by atoms with Crippen LogP contribution in [0.2, 0.25) is 0 Å². The Bertz CT molecular complexity index is 1560. The molecule has 1 fully saturated rings.